The third-order valence-corrected chi connectivity index (χ3v) is 10.5. The Morgan fingerprint density at radius 3 is 1.18 bits per heavy atom. The van der Waals surface area contributed by atoms with Crippen molar-refractivity contribution in [1.82, 2.24) is 0 Å². The van der Waals surface area contributed by atoms with Crippen molar-refractivity contribution >= 4 is 14.5 Å². The fourth-order valence-corrected chi connectivity index (χ4v) is 9.98. The molecule has 0 amide bonds. The number of hydrogen-bond acceptors (Lipinski definition) is 1. The van der Waals surface area contributed by atoms with E-state index in [0.717, 1.165) is 24.6 Å². The largest absolute Gasteiger partial charge is 0.386 e. The number of aryl methyl sites for hydroxylation is 4. The molecule has 0 bridgehead atoms. The fourth-order valence-electron chi connectivity index (χ4n) is 4.64. The lowest BCUT2D eigenvalue weighted by atomic mass is 10.1. The SMILES string of the molecule is Cc1cc(C)cc(C[P+](C)(C)CC(O)C[P+](C)(C)Cc2cc(C)cc(C)c2)c1. The number of benzene rings is 2. The molecule has 0 aliphatic carbocycles. The highest BCUT2D eigenvalue weighted by molar-refractivity contribution is 7.74. The van der Waals surface area contributed by atoms with Gasteiger partial charge >= 0.3 is 0 Å². The van der Waals surface area contributed by atoms with Crippen LogP contribution in [0.15, 0.2) is 36.4 Å². The zero-order valence-electron chi connectivity index (χ0n) is 19.2. The van der Waals surface area contributed by atoms with Crippen LogP contribution in [0, 0.1) is 27.7 Å². The summed E-state index contributed by atoms with van der Waals surface area (Å²) in [4.78, 5) is 0. The van der Waals surface area contributed by atoms with Crippen molar-refractivity contribution in [2.75, 3.05) is 39.0 Å². The molecule has 0 saturated carbocycles. The van der Waals surface area contributed by atoms with Crippen LogP contribution in [0.4, 0.5) is 0 Å². The van der Waals surface area contributed by atoms with Gasteiger partial charge in [-0.25, -0.2) is 0 Å². The number of aliphatic hydroxyl groups is 1. The first kappa shape index (κ1) is 23.5. The summed E-state index contributed by atoms with van der Waals surface area (Å²) < 4.78 is 0. The van der Waals surface area contributed by atoms with E-state index in [1.54, 1.807) is 0 Å². The van der Waals surface area contributed by atoms with Gasteiger partial charge in [0.05, 0.1) is 24.6 Å². The number of hydrogen-bond donors (Lipinski definition) is 1. The Morgan fingerprint density at radius 1 is 0.607 bits per heavy atom. The monoisotopic (exact) mass is 418 g/mol. The van der Waals surface area contributed by atoms with Crippen LogP contribution in [0.25, 0.3) is 0 Å². The average Bonchev–Trinajstić information content (AvgIpc) is 2.41. The average molecular weight is 419 g/mol. The molecule has 28 heavy (non-hydrogen) atoms. The predicted octanol–water partition coefficient (Wildman–Crippen LogP) is 6.54. The second-order valence-electron chi connectivity index (χ2n) is 10.2. The molecule has 0 atom stereocenters. The highest BCUT2D eigenvalue weighted by atomic mass is 31.2. The maximum absolute atomic E-state index is 11.0. The van der Waals surface area contributed by atoms with Crippen LogP contribution in [0.5, 0.6) is 0 Å². The van der Waals surface area contributed by atoms with E-state index in [-0.39, 0.29) is 6.10 Å². The molecule has 0 saturated heterocycles. The maximum Gasteiger partial charge on any atom is 0.121 e. The van der Waals surface area contributed by atoms with Gasteiger partial charge in [0, 0.05) is 41.2 Å². The Labute approximate surface area is 174 Å². The van der Waals surface area contributed by atoms with Gasteiger partial charge in [-0.3, -0.25) is 0 Å². The standard InChI is InChI=1S/C25H40OP2/c1-19-9-20(2)12-23(11-19)15-27(5,6)17-25(26)18-28(7,8)16-24-13-21(3)10-22(4)14-24/h9-14,25-26H,15-18H2,1-8H3/q+2. The van der Waals surface area contributed by atoms with Crippen molar-refractivity contribution in [1.29, 1.82) is 0 Å². The van der Waals surface area contributed by atoms with E-state index in [1.165, 1.54) is 33.4 Å². The minimum absolute atomic E-state index is 0.177. The van der Waals surface area contributed by atoms with Gasteiger partial charge in [0.15, 0.2) is 0 Å². The summed E-state index contributed by atoms with van der Waals surface area (Å²) in [7, 11) is -2.35. The van der Waals surface area contributed by atoms with Gasteiger partial charge in [-0.15, -0.1) is 0 Å². The molecule has 0 aromatic heterocycles. The van der Waals surface area contributed by atoms with Crippen molar-refractivity contribution in [3.63, 3.8) is 0 Å². The van der Waals surface area contributed by atoms with Crippen molar-refractivity contribution in [2.45, 2.75) is 46.1 Å². The first-order chi connectivity index (χ1) is 12.8. The Bertz CT molecular complexity index is 700. The van der Waals surface area contributed by atoms with E-state index in [9.17, 15) is 5.11 Å². The third kappa shape index (κ3) is 7.94. The zero-order chi connectivity index (χ0) is 21.1. The van der Waals surface area contributed by atoms with Gasteiger partial charge in [-0.1, -0.05) is 58.7 Å². The Hall–Kier alpha value is -0.740. The minimum Gasteiger partial charge on any atom is -0.386 e. The molecule has 0 radical (unpaired) electrons. The van der Waals surface area contributed by atoms with Crippen LogP contribution in [0.1, 0.15) is 33.4 Å². The Kier molecular flexibility index (Phi) is 7.89. The first-order valence-electron chi connectivity index (χ1n) is 10.3. The van der Waals surface area contributed by atoms with E-state index < -0.39 is 14.5 Å². The van der Waals surface area contributed by atoms with Crippen LogP contribution in [-0.2, 0) is 12.3 Å². The minimum atomic E-state index is -1.18. The van der Waals surface area contributed by atoms with Crippen LogP contribution >= 0.6 is 14.5 Å². The van der Waals surface area contributed by atoms with Crippen LogP contribution in [0.2, 0.25) is 0 Å². The van der Waals surface area contributed by atoms with Gasteiger partial charge in [-0.05, 0) is 38.8 Å². The maximum atomic E-state index is 11.0. The quantitative estimate of drug-likeness (QED) is 0.483. The summed E-state index contributed by atoms with van der Waals surface area (Å²) in [6, 6.07) is 13.8. The van der Waals surface area contributed by atoms with Gasteiger partial charge in [-0.2, -0.15) is 0 Å². The lowest BCUT2D eigenvalue weighted by molar-refractivity contribution is 0.222. The summed E-state index contributed by atoms with van der Waals surface area (Å²) in [5.41, 5.74) is 8.25. The smallest absolute Gasteiger partial charge is 0.121 e. The van der Waals surface area contributed by atoms with Crippen molar-refractivity contribution in [3.05, 3.63) is 69.8 Å². The molecule has 0 fully saturated rings. The summed E-state index contributed by atoms with van der Waals surface area (Å²) in [6.45, 7) is 18.3. The molecule has 1 nitrogen and oxygen atoms in total. The van der Waals surface area contributed by atoms with Gasteiger partial charge < -0.3 is 5.11 Å². The predicted molar refractivity (Wildman–Crippen MR) is 133 cm³/mol. The molecule has 0 heterocycles. The molecule has 2 aromatic rings. The molecule has 2 rings (SSSR count). The van der Waals surface area contributed by atoms with Gasteiger partial charge in [0.1, 0.15) is 6.10 Å². The van der Waals surface area contributed by atoms with Crippen LogP contribution < -0.4 is 0 Å². The topological polar surface area (TPSA) is 20.2 Å². The molecule has 154 valence electrons. The fraction of sp³-hybridized carbons (Fsp3) is 0.520. The number of rotatable bonds is 8. The first-order valence-corrected chi connectivity index (χ1v) is 16.4. The second kappa shape index (κ2) is 9.38. The summed E-state index contributed by atoms with van der Waals surface area (Å²) in [5, 5.41) is 11.0. The Balaban J connectivity index is 1.99. The molecule has 2 aromatic carbocycles. The summed E-state index contributed by atoms with van der Waals surface area (Å²) in [6.07, 6.45) is 4.01. The highest BCUT2D eigenvalue weighted by Crippen LogP contribution is 2.59. The summed E-state index contributed by atoms with van der Waals surface area (Å²) in [5.74, 6) is 0. The van der Waals surface area contributed by atoms with E-state index >= 15 is 0 Å². The molecule has 3 heteroatoms. The van der Waals surface area contributed by atoms with Gasteiger partial charge in [0.25, 0.3) is 0 Å². The number of aliphatic hydroxyl groups excluding tert-OH is 1. The van der Waals surface area contributed by atoms with Gasteiger partial charge in [0.2, 0.25) is 0 Å². The lowest BCUT2D eigenvalue weighted by Crippen LogP contribution is -2.22. The zero-order valence-corrected chi connectivity index (χ0v) is 21.0. The van der Waals surface area contributed by atoms with E-state index in [1.807, 2.05) is 0 Å². The van der Waals surface area contributed by atoms with Crippen LogP contribution in [-0.4, -0.2) is 50.2 Å². The molecule has 0 unspecified atom stereocenters. The molecule has 0 spiro atoms. The normalized spacial score (nSPS) is 12.6. The van der Waals surface area contributed by atoms with E-state index in [4.69, 9.17) is 0 Å². The Morgan fingerprint density at radius 2 is 0.893 bits per heavy atom. The molecule has 0 aliphatic rings. The van der Waals surface area contributed by atoms with Crippen molar-refractivity contribution < 1.29 is 5.11 Å². The van der Waals surface area contributed by atoms with Crippen molar-refractivity contribution in [3.8, 4) is 0 Å². The van der Waals surface area contributed by atoms with Crippen LogP contribution in [0.3, 0.4) is 0 Å². The van der Waals surface area contributed by atoms with E-state index in [2.05, 4.69) is 90.8 Å². The molecular weight excluding hydrogens is 378 g/mol. The second-order valence-corrected chi connectivity index (χ2v) is 19.3. The third-order valence-electron chi connectivity index (χ3n) is 5.19. The lowest BCUT2D eigenvalue weighted by Gasteiger charge is -2.25. The highest BCUT2D eigenvalue weighted by Gasteiger charge is 2.35. The molecular formula is C25H40OP2+2. The summed E-state index contributed by atoms with van der Waals surface area (Å²) >= 11 is 0. The molecule has 1 N–H and O–H groups in total. The van der Waals surface area contributed by atoms with E-state index in [0.29, 0.717) is 0 Å². The van der Waals surface area contributed by atoms with Crippen molar-refractivity contribution in [2.24, 2.45) is 0 Å². The molecule has 0 aliphatic heterocycles.